The number of imidazole rings is 1. The van der Waals surface area contributed by atoms with E-state index in [1.807, 2.05) is 25.1 Å². The number of aromatic amines is 1. The summed E-state index contributed by atoms with van der Waals surface area (Å²) in [4.78, 5) is 19.6. The third-order valence-corrected chi connectivity index (χ3v) is 3.51. The maximum atomic E-state index is 12.1. The molecule has 0 atom stereocenters. The molecule has 0 aliphatic carbocycles. The quantitative estimate of drug-likeness (QED) is 0.573. The van der Waals surface area contributed by atoms with Gasteiger partial charge in [-0.05, 0) is 44.2 Å². The molecule has 3 aromatic rings. The van der Waals surface area contributed by atoms with Crippen LogP contribution >= 0.6 is 0 Å². The van der Waals surface area contributed by atoms with Crippen molar-refractivity contribution < 1.29 is 4.79 Å². The Morgan fingerprint density at radius 1 is 1.45 bits per heavy atom. The second kappa shape index (κ2) is 5.85. The zero-order valence-corrected chi connectivity index (χ0v) is 12.5. The number of rotatable bonds is 4. The van der Waals surface area contributed by atoms with Crippen molar-refractivity contribution in [2.24, 2.45) is 5.10 Å². The molecule has 0 saturated carbocycles. The van der Waals surface area contributed by atoms with Crippen LogP contribution in [0.3, 0.4) is 0 Å². The molecular weight excluding hydrogens is 278 g/mol. The lowest BCUT2D eigenvalue weighted by molar-refractivity contribution is 0.0955. The Labute approximate surface area is 127 Å². The normalized spacial score (nSPS) is 11.4. The SMILES string of the molecule is CCn1c(C)nc2cc(C(=O)N/N=C/c3ccc[nH]3)ccc21. The Bertz CT molecular complexity index is 830. The van der Waals surface area contributed by atoms with E-state index in [0.29, 0.717) is 5.56 Å². The maximum Gasteiger partial charge on any atom is 0.271 e. The van der Waals surface area contributed by atoms with Gasteiger partial charge >= 0.3 is 0 Å². The largest absolute Gasteiger partial charge is 0.360 e. The number of fused-ring (bicyclic) bond motifs is 1. The number of benzene rings is 1. The first kappa shape index (κ1) is 14.1. The molecule has 1 aromatic carbocycles. The van der Waals surface area contributed by atoms with Crippen molar-refractivity contribution in [1.82, 2.24) is 20.0 Å². The number of aromatic nitrogens is 3. The van der Waals surface area contributed by atoms with Gasteiger partial charge in [0, 0.05) is 18.3 Å². The van der Waals surface area contributed by atoms with Gasteiger partial charge in [-0.2, -0.15) is 5.10 Å². The van der Waals surface area contributed by atoms with Gasteiger partial charge in [-0.1, -0.05) is 0 Å². The molecule has 0 radical (unpaired) electrons. The molecule has 0 fully saturated rings. The monoisotopic (exact) mass is 295 g/mol. The van der Waals surface area contributed by atoms with Crippen LogP contribution in [0.2, 0.25) is 0 Å². The number of nitrogens with zero attached hydrogens (tertiary/aromatic N) is 3. The number of carbonyl (C=O) groups excluding carboxylic acids is 1. The fraction of sp³-hybridized carbons (Fsp3) is 0.188. The lowest BCUT2D eigenvalue weighted by Gasteiger charge is -2.03. The molecule has 0 saturated heterocycles. The highest BCUT2D eigenvalue weighted by molar-refractivity contribution is 5.97. The Hall–Kier alpha value is -2.89. The summed E-state index contributed by atoms with van der Waals surface area (Å²) in [6, 6.07) is 9.22. The zero-order valence-electron chi connectivity index (χ0n) is 12.5. The molecule has 0 bridgehead atoms. The van der Waals surface area contributed by atoms with Crippen molar-refractivity contribution in [2.75, 3.05) is 0 Å². The van der Waals surface area contributed by atoms with Crippen LogP contribution in [0, 0.1) is 6.92 Å². The Balaban J connectivity index is 1.79. The topological polar surface area (TPSA) is 75.1 Å². The van der Waals surface area contributed by atoms with Crippen molar-refractivity contribution >= 4 is 23.2 Å². The summed E-state index contributed by atoms with van der Waals surface area (Å²) in [5.41, 5.74) is 5.73. The second-order valence-electron chi connectivity index (χ2n) is 4.93. The number of H-pyrrole nitrogens is 1. The first-order valence-electron chi connectivity index (χ1n) is 7.12. The number of amides is 1. The van der Waals surface area contributed by atoms with Gasteiger partial charge in [0.25, 0.3) is 5.91 Å². The van der Waals surface area contributed by atoms with Crippen molar-refractivity contribution in [3.05, 3.63) is 53.6 Å². The summed E-state index contributed by atoms with van der Waals surface area (Å²) in [5, 5.41) is 3.93. The van der Waals surface area contributed by atoms with Gasteiger partial charge in [-0.25, -0.2) is 10.4 Å². The van der Waals surface area contributed by atoms with E-state index in [9.17, 15) is 4.79 Å². The van der Waals surface area contributed by atoms with Gasteiger partial charge < -0.3 is 9.55 Å². The van der Waals surface area contributed by atoms with E-state index >= 15 is 0 Å². The molecule has 1 amide bonds. The minimum Gasteiger partial charge on any atom is -0.360 e. The zero-order chi connectivity index (χ0) is 15.5. The molecule has 0 unspecified atom stereocenters. The summed E-state index contributed by atoms with van der Waals surface area (Å²) in [5.74, 6) is 0.688. The average Bonchev–Trinajstić information content (AvgIpc) is 3.12. The van der Waals surface area contributed by atoms with E-state index in [1.54, 1.807) is 24.5 Å². The van der Waals surface area contributed by atoms with E-state index < -0.39 is 0 Å². The molecule has 0 aliphatic rings. The third kappa shape index (κ3) is 2.63. The average molecular weight is 295 g/mol. The van der Waals surface area contributed by atoms with Gasteiger partial charge in [0.05, 0.1) is 22.9 Å². The summed E-state index contributed by atoms with van der Waals surface area (Å²) < 4.78 is 2.11. The minimum atomic E-state index is -0.256. The van der Waals surface area contributed by atoms with Crippen molar-refractivity contribution in [3.8, 4) is 0 Å². The number of aryl methyl sites for hydroxylation is 2. The van der Waals surface area contributed by atoms with Crippen molar-refractivity contribution in [1.29, 1.82) is 0 Å². The molecule has 2 N–H and O–H groups in total. The summed E-state index contributed by atoms with van der Waals surface area (Å²) in [6.45, 7) is 4.89. The number of carbonyl (C=O) groups is 1. The Kier molecular flexibility index (Phi) is 3.74. The van der Waals surface area contributed by atoms with Crippen molar-refractivity contribution in [3.63, 3.8) is 0 Å². The molecule has 2 heterocycles. The van der Waals surface area contributed by atoms with Gasteiger partial charge in [0.2, 0.25) is 0 Å². The van der Waals surface area contributed by atoms with Crippen LogP contribution in [-0.4, -0.2) is 26.7 Å². The lowest BCUT2D eigenvalue weighted by Crippen LogP contribution is -2.17. The van der Waals surface area contributed by atoms with Crippen LogP contribution in [0.4, 0.5) is 0 Å². The van der Waals surface area contributed by atoms with Crippen LogP contribution in [0.1, 0.15) is 28.8 Å². The highest BCUT2D eigenvalue weighted by Gasteiger charge is 2.10. The Morgan fingerprint density at radius 3 is 3.05 bits per heavy atom. The molecule has 3 rings (SSSR count). The smallest absolute Gasteiger partial charge is 0.271 e. The summed E-state index contributed by atoms with van der Waals surface area (Å²) in [7, 11) is 0. The van der Waals surface area contributed by atoms with Crippen LogP contribution in [0.25, 0.3) is 11.0 Å². The lowest BCUT2D eigenvalue weighted by atomic mass is 10.2. The highest BCUT2D eigenvalue weighted by Crippen LogP contribution is 2.17. The van der Waals surface area contributed by atoms with E-state index in [-0.39, 0.29) is 5.91 Å². The van der Waals surface area contributed by atoms with Crippen LogP contribution in [-0.2, 0) is 6.54 Å². The Morgan fingerprint density at radius 2 is 2.32 bits per heavy atom. The first-order valence-corrected chi connectivity index (χ1v) is 7.12. The van der Waals surface area contributed by atoms with Gasteiger partial charge in [-0.3, -0.25) is 4.79 Å². The van der Waals surface area contributed by atoms with E-state index in [0.717, 1.165) is 29.1 Å². The number of hydrogen-bond donors (Lipinski definition) is 2. The van der Waals surface area contributed by atoms with E-state index in [2.05, 4.69) is 32.0 Å². The predicted octanol–water partition coefficient (Wildman–Crippen LogP) is 2.46. The van der Waals surface area contributed by atoms with Gasteiger partial charge in [0.15, 0.2) is 0 Å². The van der Waals surface area contributed by atoms with Crippen LogP contribution in [0.15, 0.2) is 41.6 Å². The maximum absolute atomic E-state index is 12.1. The summed E-state index contributed by atoms with van der Waals surface area (Å²) in [6.07, 6.45) is 3.36. The molecule has 0 spiro atoms. The highest BCUT2D eigenvalue weighted by atomic mass is 16.2. The number of nitrogens with one attached hydrogen (secondary N) is 2. The fourth-order valence-electron chi connectivity index (χ4n) is 2.44. The first-order chi connectivity index (χ1) is 10.7. The molecule has 112 valence electrons. The minimum absolute atomic E-state index is 0.256. The summed E-state index contributed by atoms with van der Waals surface area (Å²) >= 11 is 0. The third-order valence-electron chi connectivity index (χ3n) is 3.51. The molecule has 0 aliphatic heterocycles. The number of hydrogen-bond acceptors (Lipinski definition) is 3. The fourth-order valence-corrected chi connectivity index (χ4v) is 2.44. The molecule has 6 nitrogen and oxygen atoms in total. The molecule has 6 heteroatoms. The molecule has 2 aromatic heterocycles. The van der Waals surface area contributed by atoms with Gasteiger partial charge in [-0.15, -0.1) is 0 Å². The van der Waals surface area contributed by atoms with Crippen LogP contribution in [0.5, 0.6) is 0 Å². The number of hydrazone groups is 1. The van der Waals surface area contributed by atoms with Crippen LogP contribution < -0.4 is 5.43 Å². The second-order valence-corrected chi connectivity index (χ2v) is 4.93. The van der Waals surface area contributed by atoms with Crippen molar-refractivity contribution in [2.45, 2.75) is 20.4 Å². The predicted molar refractivity (Wildman–Crippen MR) is 86.0 cm³/mol. The molecule has 22 heavy (non-hydrogen) atoms. The standard InChI is InChI=1S/C16H17N5O/c1-3-21-11(2)19-14-9-12(6-7-15(14)21)16(22)20-18-10-13-5-4-8-17-13/h4-10,17H,3H2,1-2H3,(H,20,22)/b18-10+. The van der Waals surface area contributed by atoms with E-state index in [1.165, 1.54) is 0 Å². The molecular formula is C16H17N5O. The van der Waals surface area contributed by atoms with E-state index in [4.69, 9.17) is 0 Å². The van der Waals surface area contributed by atoms with Gasteiger partial charge in [0.1, 0.15) is 5.82 Å².